The van der Waals surface area contributed by atoms with Crippen molar-refractivity contribution < 1.29 is 46.8 Å². The van der Waals surface area contributed by atoms with Gasteiger partial charge in [-0.1, -0.05) is 0 Å². The molecule has 3 amide bonds. The van der Waals surface area contributed by atoms with Crippen LogP contribution < -0.4 is 25.0 Å². The van der Waals surface area contributed by atoms with Crippen LogP contribution in [0.25, 0.3) is 0 Å². The molecule has 3 heterocycles. The van der Waals surface area contributed by atoms with Crippen LogP contribution in [0.15, 0.2) is 48.5 Å². The fraction of sp³-hybridized carbons (Fsp3) is 0.250. The number of benzene rings is 3. The van der Waals surface area contributed by atoms with Gasteiger partial charge in [-0.15, -0.1) is 0 Å². The summed E-state index contributed by atoms with van der Waals surface area (Å²) in [6.07, 6.45) is -1.28. The van der Waals surface area contributed by atoms with Crippen molar-refractivity contribution in [3.05, 3.63) is 82.4 Å². The van der Waals surface area contributed by atoms with Gasteiger partial charge in [0.05, 0.1) is 37.4 Å². The molecule has 0 aromatic heterocycles. The van der Waals surface area contributed by atoms with Crippen molar-refractivity contribution in [1.29, 1.82) is 0 Å². The summed E-state index contributed by atoms with van der Waals surface area (Å²) in [4.78, 5) is 39.5. The lowest BCUT2D eigenvalue weighted by Crippen LogP contribution is -2.35. The highest BCUT2D eigenvalue weighted by molar-refractivity contribution is 6.06. The molecule has 1 saturated heterocycles. The molecular formula is C28H23F2N3O8. The lowest BCUT2D eigenvalue weighted by atomic mass is 10.1. The number of ether oxygens (including phenoxy) is 5. The summed E-state index contributed by atoms with van der Waals surface area (Å²) in [6.45, 7) is 0.304. The van der Waals surface area contributed by atoms with E-state index in [9.17, 15) is 23.2 Å². The standard InChI is InChI=1S/C28H23F2N3O8/c29-17-5-15-11-37-13-39-24(15)22(7-17)26(34)31-9-21-10-33(28(36)41-21)20-3-1-19(2-4-20)32-27(35)23-8-18(30)6-16-12-38-14-40-25(16)23/h1-8,21H,9-14H2,(H,31,34)(H,32,35)/t21-/m1/s1. The Hall–Kier alpha value is -4.75. The number of rotatable bonds is 6. The van der Waals surface area contributed by atoms with Crippen LogP contribution in [-0.2, 0) is 27.4 Å². The highest BCUT2D eigenvalue weighted by Crippen LogP contribution is 2.31. The van der Waals surface area contributed by atoms with Crippen LogP contribution in [0.2, 0.25) is 0 Å². The smallest absolute Gasteiger partial charge is 0.414 e. The average molecular weight is 568 g/mol. The molecule has 11 nitrogen and oxygen atoms in total. The zero-order valence-corrected chi connectivity index (χ0v) is 21.4. The van der Waals surface area contributed by atoms with Crippen LogP contribution in [0.1, 0.15) is 31.8 Å². The molecule has 0 bridgehead atoms. The van der Waals surface area contributed by atoms with Gasteiger partial charge in [0.15, 0.2) is 13.6 Å². The van der Waals surface area contributed by atoms with E-state index in [0.29, 0.717) is 22.5 Å². The summed E-state index contributed by atoms with van der Waals surface area (Å²) >= 11 is 0. The summed E-state index contributed by atoms with van der Waals surface area (Å²) < 4.78 is 54.5. The second-order valence-corrected chi connectivity index (χ2v) is 9.43. The fourth-order valence-electron chi connectivity index (χ4n) is 4.76. The van der Waals surface area contributed by atoms with Crippen molar-refractivity contribution in [1.82, 2.24) is 5.32 Å². The van der Waals surface area contributed by atoms with Gasteiger partial charge in [0.1, 0.15) is 29.2 Å². The first-order valence-corrected chi connectivity index (χ1v) is 12.6. The Bertz CT molecular complexity index is 1530. The average Bonchev–Trinajstić information content (AvgIpc) is 3.35. The number of halogens is 2. The molecule has 6 rings (SSSR count). The van der Waals surface area contributed by atoms with E-state index >= 15 is 0 Å². The third-order valence-electron chi connectivity index (χ3n) is 6.64. The van der Waals surface area contributed by atoms with E-state index in [-0.39, 0.29) is 62.5 Å². The first kappa shape index (κ1) is 26.5. The molecule has 3 aliphatic heterocycles. The Morgan fingerprint density at radius 3 is 2.05 bits per heavy atom. The van der Waals surface area contributed by atoms with Gasteiger partial charge >= 0.3 is 6.09 Å². The van der Waals surface area contributed by atoms with E-state index in [1.165, 1.54) is 17.0 Å². The van der Waals surface area contributed by atoms with Gasteiger partial charge in [-0.25, -0.2) is 13.6 Å². The minimum Gasteiger partial charge on any atom is -0.466 e. The van der Waals surface area contributed by atoms with Gasteiger partial charge in [-0.05, 0) is 48.5 Å². The molecular weight excluding hydrogens is 544 g/mol. The Morgan fingerprint density at radius 1 is 0.854 bits per heavy atom. The zero-order chi connectivity index (χ0) is 28.5. The van der Waals surface area contributed by atoms with Crippen molar-refractivity contribution in [2.45, 2.75) is 19.3 Å². The Balaban J connectivity index is 1.07. The minimum absolute atomic E-state index is 0.0118. The second kappa shape index (κ2) is 11.0. The lowest BCUT2D eigenvalue weighted by Gasteiger charge is -2.20. The fourth-order valence-corrected chi connectivity index (χ4v) is 4.76. The van der Waals surface area contributed by atoms with Crippen LogP contribution in [0.3, 0.4) is 0 Å². The molecule has 0 unspecified atom stereocenters. The maximum absolute atomic E-state index is 14.0. The molecule has 0 saturated carbocycles. The Labute approximate surface area is 231 Å². The highest BCUT2D eigenvalue weighted by Gasteiger charge is 2.33. The van der Waals surface area contributed by atoms with Crippen molar-refractivity contribution in [3.63, 3.8) is 0 Å². The van der Waals surface area contributed by atoms with E-state index in [0.717, 1.165) is 12.1 Å². The van der Waals surface area contributed by atoms with Gasteiger partial charge in [0, 0.05) is 22.5 Å². The zero-order valence-electron chi connectivity index (χ0n) is 21.4. The molecule has 3 aromatic carbocycles. The van der Waals surface area contributed by atoms with E-state index in [1.54, 1.807) is 24.3 Å². The van der Waals surface area contributed by atoms with Crippen molar-refractivity contribution in [3.8, 4) is 11.5 Å². The number of fused-ring (bicyclic) bond motifs is 2. The van der Waals surface area contributed by atoms with Gasteiger partial charge in [0.25, 0.3) is 11.8 Å². The van der Waals surface area contributed by atoms with Crippen molar-refractivity contribution in [2.75, 3.05) is 36.9 Å². The first-order chi connectivity index (χ1) is 19.9. The summed E-state index contributed by atoms with van der Waals surface area (Å²) in [5.74, 6) is -1.80. The summed E-state index contributed by atoms with van der Waals surface area (Å²) in [7, 11) is 0. The number of amides is 3. The van der Waals surface area contributed by atoms with Crippen LogP contribution in [0.4, 0.5) is 25.0 Å². The van der Waals surface area contributed by atoms with Gasteiger partial charge in [0.2, 0.25) is 0 Å². The number of cyclic esters (lactones) is 1. The topological polar surface area (TPSA) is 125 Å². The summed E-state index contributed by atoms with van der Waals surface area (Å²) in [5, 5.41) is 5.35. The second-order valence-electron chi connectivity index (χ2n) is 9.43. The molecule has 2 N–H and O–H groups in total. The van der Waals surface area contributed by atoms with Gasteiger partial charge in [-0.3, -0.25) is 14.5 Å². The van der Waals surface area contributed by atoms with Gasteiger partial charge < -0.3 is 34.3 Å². The molecule has 1 atom stereocenters. The molecule has 0 aliphatic carbocycles. The molecule has 1 fully saturated rings. The van der Waals surface area contributed by atoms with Crippen LogP contribution in [0, 0.1) is 11.6 Å². The molecule has 3 aliphatic rings. The summed E-state index contributed by atoms with van der Waals surface area (Å²) in [5.41, 5.74) is 1.84. The quantitative estimate of drug-likeness (QED) is 0.462. The predicted molar refractivity (Wildman–Crippen MR) is 138 cm³/mol. The predicted octanol–water partition coefficient (Wildman–Crippen LogP) is 3.71. The van der Waals surface area contributed by atoms with Crippen molar-refractivity contribution >= 4 is 29.3 Å². The largest absolute Gasteiger partial charge is 0.466 e. The number of anilines is 2. The van der Waals surface area contributed by atoms with Crippen LogP contribution >= 0.6 is 0 Å². The number of nitrogens with zero attached hydrogens (tertiary/aromatic N) is 1. The molecule has 0 spiro atoms. The number of hydrogen-bond donors (Lipinski definition) is 2. The van der Waals surface area contributed by atoms with Gasteiger partial charge in [-0.2, -0.15) is 0 Å². The number of nitrogens with one attached hydrogen (secondary N) is 2. The number of hydrogen-bond acceptors (Lipinski definition) is 8. The van der Waals surface area contributed by atoms with E-state index in [4.69, 9.17) is 23.7 Å². The van der Waals surface area contributed by atoms with E-state index in [1.807, 2.05) is 0 Å². The third kappa shape index (κ3) is 5.49. The first-order valence-electron chi connectivity index (χ1n) is 12.6. The molecule has 13 heteroatoms. The Kier molecular flexibility index (Phi) is 7.12. The third-order valence-corrected chi connectivity index (χ3v) is 6.64. The van der Waals surface area contributed by atoms with Crippen LogP contribution in [-0.4, -0.2) is 50.7 Å². The molecule has 212 valence electrons. The normalized spacial score (nSPS) is 17.5. The lowest BCUT2D eigenvalue weighted by molar-refractivity contribution is -0.0172. The molecule has 41 heavy (non-hydrogen) atoms. The van der Waals surface area contributed by atoms with Crippen LogP contribution in [0.5, 0.6) is 11.5 Å². The van der Waals surface area contributed by atoms with Crippen molar-refractivity contribution in [2.24, 2.45) is 0 Å². The molecule has 3 aromatic rings. The van der Waals surface area contributed by atoms with E-state index in [2.05, 4.69) is 10.6 Å². The maximum atomic E-state index is 14.0. The summed E-state index contributed by atoms with van der Waals surface area (Å²) in [6, 6.07) is 11.1. The highest BCUT2D eigenvalue weighted by atomic mass is 19.1. The maximum Gasteiger partial charge on any atom is 0.414 e. The number of carbonyl (C=O) groups excluding carboxylic acids is 3. The molecule has 0 radical (unpaired) electrons. The Morgan fingerprint density at radius 2 is 1.44 bits per heavy atom. The number of carbonyl (C=O) groups is 3. The van der Waals surface area contributed by atoms with E-state index < -0.39 is 35.6 Å². The SMILES string of the molecule is O=C(NC[C@@H]1CN(c2ccc(NC(=O)c3cc(F)cc4c3OCOC4)cc2)C(=O)O1)c1cc(F)cc2c1OCOC2. The minimum atomic E-state index is -0.664. The monoisotopic (exact) mass is 567 g/mol.